The summed E-state index contributed by atoms with van der Waals surface area (Å²) in [7, 11) is 0. The Bertz CT molecular complexity index is 835. The van der Waals surface area contributed by atoms with E-state index in [1.807, 2.05) is 13.8 Å². The molecule has 0 aliphatic carbocycles. The summed E-state index contributed by atoms with van der Waals surface area (Å²) in [4.78, 5) is 22.4. The molecule has 0 amide bonds. The van der Waals surface area contributed by atoms with E-state index in [0.29, 0.717) is 0 Å². The fraction of sp³-hybridized carbons (Fsp3) is 0.522. The van der Waals surface area contributed by atoms with Gasteiger partial charge < -0.3 is 15.2 Å². The number of hydrogen-bond donors (Lipinski definition) is 2. The second-order valence-electron chi connectivity index (χ2n) is 7.77. The van der Waals surface area contributed by atoms with E-state index in [0.717, 1.165) is 61.9 Å². The van der Waals surface area contributed by atoms with E-state index in [1.165, 1.54) is 5.56 Å². The van der Waals surface area contributed by atoms with Crippen LogP contribution in [0.4, 0.5) is 11.4 Å². The first kappa shape index (κ1) is 22.2. The number of aromatic nitrogens is 2. The van der Waals surface area contributed by atoms with Crippen LogP contribution in [-0.4, -0.2) is 52.2 Å². The monoisotopic (exact) mass is 412 g/mol. The molecule has 2 atom stereocenters. The van der Waals surface area contributed by atoms with E-state index >= 15 is 0 Å². The molecule has 30 heavy (non-hydrogen) atoms. The van der Waals surface area contributed by atoms with Crippen LogP contribution < -0.4 is 5.32 Å². The van der Waals surface area contributed by atoms with Gasteiger partial charge >= 0.3 is 5.97 Å². The normalized spacial score (nSPS) is 16.8. The number of benzene rings is 1. The summed E-state index contributed by atoms with van der Waals surface area (Å²) in [6.07, 6.45) is 5.44. The molecular formula is C23H32N4O3. The summed E-state index contributed by atoms with van der Waals surface area (Å²) in [5.74, 6) is -0.0660. The van der Waals surface area contributed by atoms with Gasteiger partial charge in [0, 0.05) is 24.8 Å². The number of rotatable bonds is 9. The molecule has 0 spiro atoms. The van der Waals surface area contributed by atoms with Crippen LogP contribution >= 0.6 is 0 Å². The molecule has 7 heteroatoms. The summed E-state index contributed by atoms with van der Waals surface area (Å²) in [6.45, 7) is 9.41. The molecule has 1 fully saturated rings. The molecule has 1 aromatic carbocycles. The Morgan fingerprint density at radius 3 is 2.50 bits per heavy atom. The van der Waals surface area contributed by atoms with Crippen molar-refractivity contribution in [3.05, 3.63) is 47.5 Å². The van der Waals surface area contributed by atoms with E-state index < -0.39 is 5.97 Å². The van der Waals surface area contributed by atoms with E-state index in [9.17, 15) is 9.90 Å². The lowest BCUT2D eigenvalue weighted by atomic mass is 9.90. The van der Waals surface area contributed by atoms with Crippen LogP contribution in [0, 0.1) is 6.92 Å². The van der Waals surface area contributed by atoms with Crippen molar-refractivity contribution in [2.75, 3.05) is 31.6 Å². The first-order chi connectivity index (χ1) is 14.5. The molecule has 0 saturated carbocycles. The highest BCUT2D eigenvalue weighted by molar-refractivity contribution is 5.69. The van der Waals surface area contributed by atoms with Gasteiger partial charge in [-0.1, -0.05) is 26.0 Å². The van der Waals surface area contributed by atoms with Crippen molar-refractivity contribution in [3.8, 4) is 0 Å². The summed E-state index contributed by atoms with van der Waals surface area (Å²) < 4.78 is 5.54. The van der Waals surface area contributed by atoms with Crippen LogP contribution in [0.5, 0.6) is 0 Å². The van der Waals surface area contributed by atoms with Crippen molar-refractivity contribution >= 4 is 17.3 Å². The van der Waals surface area contributed by atoms with Gasteiger partial charge in [0.15, 0.2) is 0 Å². The zero-order valence-corrected chi connectivity index (χ0v) is 18.1. The molecule has 7 nitrogen and oxygen atoms in total. The minimum atomic E-state index is -0.771. The molecular weight excluding hydrogens is 380 g/mol. The maximum atomic E-state index is 11.3. The van der Waals surface area contributed by atoms with Crippen LogP contribution in [-0.2, 0) is 9.53 Å². The Hall–Kier alpha value is -2.51. The number of nitrogens with one attached hydrogen (secondary N) is 1. The van der Waals surface area contributed by atoms with Crippen molar-refractivity contribution in [1.82, 2.24) is 14.9 Å². The van der Waals surface area contributed by atoms with Gasteiger partial charge in [-0.25, -0.2) is 9.97 Å². The average molecular weight is 413 g/mol. The zero-order valence-electron chi connectivity index (χ0n) is 18.1. The maximum absolute atomic E-state index is 11.3. The molecule has 0 bridgehead atoms. The second kappa shape index (κ2) is 10.5. The van der Waals surface area contributed by atoms with Crippen LogP contribution in [0.2, 0.25) is 0 Å². The predicted octanol–water partition coefficient (Wildman–Crippen LogP) is 4.28. The molecule has 2 aromatic rings. The molecule has 1 aliphatic rings. The smallest absolute Gasteiger partial charge is 0.303 e. The Balaban J connectivity index is 1.98. The topological polar surface area (TPSA) is 87.6 Å². The number of anilines is 2. The highest BCUT2D eigenvalue weighted by atomic mass is 16.5. The Morgan fingerprint density at radius 2 is 1.90 bits per heavy atom. The van der Waals surface area contributed by atoms with Crippen LogP contribution in [0.25, 0.3) is 0 Å². The lowest BCUT2D eigenvalue weighted by Crippen LogP contribution is -2.39. The van der Waals surface area contributed by atoms with Gasteiger partial charge in [-0.2, -0.15) is 0 Å². The molecule has 1 unspecified atom stereocenters. The van der Waals surface area contributed by atoms with Gasteiger partial charge in [-0.3, -0.25) is 9.69 Å². The Labute approximate surface area is 178 Å². The third kappa shape index (κ3) is 5.55. The van der Waals surface area contributed by atoms with E-state index in [-0.39, 0.29) is 18.4 Å². The average Bonchev–Trinajstić information content (AvgIpc) is 2.76. The number of carboxylic acids is 1. The summed E-state index contributed by atoms with van der Waals surface area (Å²) >= 11 is 0. The van der Waals surface area contributed by atoms with Gasteiger partial charge in [-0.15, -0.1) is 0 Å². The number of ether oxygens (including phenoxy) is 1. The second-order valence-corrected chi connectivity index (χ2v) is 7.77. The fourth-order valence-electron chi connectivity index (χ4n) is 4.11. The van der Waals surface area contributed by atoms with Crippen molar-refractivity contribution in [3.63, 3.8) is 0 Å². The maximum Gasteiger partial charge on any atom is 0.303 e. The summed E-state index contributed by atoms with van der Waals surface area (Å²) in [5.41, 5.74) is 4.05. The van der Waals surface area contributed by atoms with E-state index in [2.05, 4.69) is 45.3 Å². The number of aliphatic carboxylic acids is 1. The van der Waals surface area contributed by atoms with Crippen LogP contribution in [0.15, 0.2) is 30.6 Å². The first-order valence-corrected chi connectivity index (χ1v) is 10.7. The molecule has 1 aromatic heterocycles. The standard InChI is InChI=1S/C23H32N4O3/c1-4-17(13-23(28)29)18-6-7-20(22(5-2)27-8-10-30-11-9-27)21(12-18)26-19-14-24-16(3)25-15-19/h6-7,12,14-15,17,22,26H,4-5,8-11,13H2,1-3H3,(H,28,29)/t17?,22-/m1/s1. The van der Waals surface area contributed by atoms with Gasteiger partial charge in [-0.05, 0) is 42.9 Å². The highest BCUT2D eigenvalue weighted by Gasteiger charge is 2.24. The van der Waals surface area contributed by atoms with Crippen molar-refractivity contribution in [1.29, 1.82) is 0 Å². The largest absolute Gasteiger partial charge is 0.481 e. The Kier molecular flexibility index (Phi) is 7.76. The van der Waals surface area contributed by atoms with Gasteiger partial charge in [0.25, 0.3) is 0 Å². The van der Waals surface area contributed by atoms with Gasteiger partial charge in [0.05, 0.1) is 37.7 Å². The number of carboxylic acid groups (broad SMARTS) is 1. The fourth-order valence-corrected chi connectivity index (χ4v) is 4.11. The minimum Gasteiger partial charge on any atom is -0.481 e. The van der Waals surface area contributed by atoms with Gasteiger partial charge in [0.1, 0.15) is 5.82 Å². The molecule has 2 N–H and O–H groups in total. The first-order valence-electron chi connectivity index (χ1n) is 10.7. The molecule has 1 saturated heterocycles. The van der Waals surface area contributed by atoms with E-state index in [4.69, 9.17) is 4.74 Å². The van der Waals surface area contributed by atoms with Crippen molar-refractivity contribution in [2.24, 2.45) is 0 Å². The Morgan fingerprint density at radius 1 is 1.20 bits per heavy atom. The minimum absolute atomic E-state index is 0.0187. The number of nitrogens with zero attached hydrogens (tertiary/aromatic N) is 3. The zero-order chi connectivity index (χ0) is 21.5. The molecule has 3 rings (SSSR count). The van der Waals surface area contributed by atoms with Gasteiger partial charge in [0.2, 0.25) is 0 Å². The lowest BCUT2D eigenvalue weighted by Gasteiger charge is -2.35. The summed E-state index contributed by atoms with van der Waals surface area (Å²) in [6, 6.07) is 6.61. The highest BCUT2D eigenvalue weighted by Crippen LogP contribution is 2.36. The van der Waals surface area contributed by atoms with Crippen LogP contribution in [0.3, 0.4) is 0 Å². The third-order valence-electron chi connectivity index (χ3n) is 5.75. The molecule has 1 aliphatic heterocycles. The SMILES string of the molecule is CCC(CC(=O)O)c1ccc([C@@H](CC)N2CCOCC2)c(Nc2cnc(C)nc2)c1. The number of aryl methyl sites for hydroxylation is 1. The summed E-state index contributed by atoms with van der Waals surface area (Å²) in [5, 5.41) is 12.8. The molecule has 162 valence electrons. The van der Waals surface area contributed by atoms with Crippen molar-refractivity contribution < 1.29 is 14.6 Å². The van der Waals surface area contributed by atoms with Crippen LogP contribution in [0.1, 0.15) is 62.0 Å². The molecule has 0 radical (unpaired) electrons. The predicted molar refractivity (Wildman–Crippen MR) is 117 cm³/mol. The number of carbonyl (C=O) groups is 1. The van der Waals surface area contributed by atoms with E-state index in [1.54, 1.807) is 12.4 Å². The number of morpholine rings is 1. The number of hydrogen-bond acceptors (Lipinski definition) is 6. The third-order valence-corrected chi connectivity index (χ3v) is 5.75. The quantitative estimate of drug-likeness (QED) is 0.635. The molecule has 2 heterocycles. The lowest BCUT2D eigenvalue weighted by molar-refractivity contribution is -0.137. The van der Waals surface area contributed by atoms with Crippen molar-refractivity contribution in [2.45, 2.75) is 52.0 Å².